The van der Waals surface area contributed by atoms with Crippen molar-refractivity contribution in [3.63, 3.8) is 0 Å². The van der Waals surface area contributed by atoms with Crippen molar-refractivity contribution in [3.05, 3.63) is 29.6 Å². The number of pyridine rings is 1. The van der Waals surface area contributed by atoms with Gasteiger partial charge >= 0.3 is 5.97 Å². The number of carboxylic acids is 1. The largest absolute Gasteiger partial charge is 0.481 e. The molecule has 1 aromatic rings. The topological polar surface area (TPSA) is 53.4 Å². The second-order valence-corrected chi connectivity index (χ2v) is 5.22. The van der Waals surface area contributed by atoms with E-state index in [1.807, 2.05) is 32.0 Å². The first-order valence-electron chi connectivity index (χ1n) is 6.44. The van der Waals surface area contributed by atoms with Crippen LogP contribution in [0.5, 0.6) is 0 Å². The molecule has 0 radical (unpaired) electrons. The number of carbonyl (C=O) groups is 1. The SMILES string of the molecule is Cc1cccc(CN2CCC(C(=O)O)C(C)C2)n1. The van der Waals surface area contributed by atoms with Crippen LogP contribution < -0.4 is 0 Å². The molecule has 1 aromatic heterocycles. The molecule has 0 aromatic carbocycles. The fourth-order valence-corrected chi connectivity index (χ4v) is 2.66. The maximum Gasteiger partial charge on any atom is 0.306 e. The Hall–Kier alpha value is -1.42. The van der Waals surface area contributed by atoms with E-state index in [0.717, 1.165) is 37.4 Å². The summed E-state index contributed by atoms with van der Waals surface area (Å²) in [7, 11) is 0. The van der Waals surface area contributed by atoms with Gasteiger partial charge in [-0.3, -0.25) is 14.7 Å². The third-order valence-electron chi connectivity index (χ3n) is 3.64. The fraction of sp³-hybridized carbons (Fsp3) is 0.571. The predicted molar refractivity (Wildman–Crippen MR) is 69.2 cm³/mol. The maximum atomic E-state index is 11.0. The molecule has 2 rings (SSSR count). The van der Waals surface area contributed by atoms with E-state index in [2.05, 4.69) is 9.88 Å². The van der Waals surface area contributed by atoms with E-state index < -0.39 is 5.97 Å². The van der Waals surface area contributed by atoms with Crippen LogP contribution in [0.15, 0.2) is 18.2 Å². The number of carboxylic acid groups (broad SMARTS) is 1. The van der Waals surface area contributed by atoms with Crippen LogP contribution in [0.4, 0.5) is 0 Å². The van der Waals surface area contributed by atoms with Gasteiger partial charge in [0.1, 0.15) is 0 Å². The van der Waals surface area contributed by atoms with Gasteiger partial charge < -0.3 is 5.11 Å². The lowest BCUT2D eigenvalue weighted by atomic mass is 9.87. The summed E-state index contributed by atoms with van der Waals surface area (Å²) in [6, 6.07) is 6.04. The van der Waals surface area contributed by atoms with Gasteiger partial charge in [-0.25, -0.2) is 0 Å². The normalized spacial score (nSPS) is 25.0. The summed E-state index contributed by atoms with van der Waals surface area (Å²) < 4.78 is 0. The summed E-state index contributed by atoms with van der Waals surface area (Å²) in [5.74, 6) is -0.636. The van der Waals surface area contributed by atoms with Gasteiger partial charge in [-0.05, 0) is 37.9 Å². The first-order valence-corrected chi connectivity index (χ1v) is 6.44. The molecule has 4 heteroatoms. The molecular formula is C14H20N2O2. The Morgan fingerprint density at radius 3 is 2.94 bits per heavy atom. The number of likely N-dealkylation sites (tertiary alicyclic amines) is 1. The van der Waals surface area contributed by atoms with E-state index in [1.54, 1.807) is 0 Å². The molecule has 0 amide bonds. The van der Waals surface area contributed by atoms with Gasteiger partial charge in [-0.1, -0.05) is 13.0 Å². The zero-order valence-corrected chi connectivity index (χ0v) is 11.0. The van der Waals surface area contributed by atoms with Crippen LogP contribution in [0.3, 0.4) is 0 Å². The molecular weight excluding hydrogens is 228 g/mol. The molecule has 1 fully saturated rings. The minimum absolute atomic E-state index is 0.188. The van der Waals surface area contributed by atoms with E-state index in [-0.39, 0.29) is 11.8 Å². The molecule has 98 valence electrons. The lowest BCUT2D eigenvalue weighted by molar-refractivity contribution is -0.145. The zero-order valence-electron chi connectivity index (χ0n) is 11.0. The third-order valence-corrected chi connectivity index (χ3v) is 3.64. The summed E-state index contributed by atoms with van der Waals surface area (Å²) in [6.07, 6.45) is 0.738. The summed E-state index contributed by atoms with van der Waals surface area (Å²) in [6.45, 7) is 6.51. The second kappa shape index (κ2) is 5.48. The van der Waals surface area contributed by atoms with E-state index in [9.17, 15) is 4.79 Å². The van der Waals surface area contributed by atoms with Crippen LogP contribution in [-0.4, -0.2) is 34.0 Å². The van der Waals surface area contributed by atoms with E-state index in [0.29, 0.717) is 0 Å². The molecule has 1 saturated heterocycles. The minimum Gasteiger partial charge on any atom is -0.481 e. The van der Waals surface area contributed by atoms with Crippen molar-refractivity contribution in [2.24, 2.45) is 11.8 Å². The van der Waals surface area contributed by atoms with Crippen LogP contribution in [-0.2, 0) is 11.3 Å². The van der Waals surface area contributed by atoms with Gasteiger partial charge in [-0.2, -0.15) is 0 Å². The molecule has 0 saturated carbocycles. The highest BCUT2D eigenvalue weighted by Gasteiger charge is 2.30. The third kappa shape index (κ3) is 3.07. The van der Waals surface area contributed by atoms with Crippen LogP contribution in [0.25, 0.3) is 0 Å². The number of piperidine rings is 1. The highest BCUT2D eigenvalue weighted by molar-refractivity contribution is 5.70. The van der Waals surface area contributed by atoms with Crippen molar-refractivity contribution in [2.75, 3.05) is 13.1 Å². The van der Waals surface area contributed by atoms with E-state index in [4.69, 9.17) is 5.11 Å². The Labute approximate surface area is 108 Å². The smallest absolute Gasteiger partial charge is 0.306 e. The summed E-state index contributed by atoms with van der Waals surface area (Å²) in [5.41, 5.74) is 2.09. The van der Waals surface area contributed by atoms with Gasteiger partial charge in [0.05, 0.1) is 11.6 Å². The summed E-state index contributed by atoms with van der Waals surface area (Å²) >= 11 is 0. The molecule has 2 unspecified atom stereocenters. The Bertz CT molecular complexity index is 434. The van der Waals surface area contributed by atoms with Gasteiger partial charge in [0, 0.05) is 18.8 Å². The molecule has 0 bridgehead atoms. The van der Waals surface area contributed by atoms with Crippen molar-refractivity contribution in [1.82, 2.24) is 9.88 Å². The quantitative estimate of drug-likeness (QED) is 0.888. The fourth-order valence-electron chi connectivity index (χ4n) is 2.66. The highest BCUT2D eigenvalue weighted by atomic mass is 16.4. The number of hydrogen-bond donors (Lipinski definition) is 1. The minimum atomic E-state index is -0.657. The van der Waals surface area contributed by atoms with Gasteiger partial charge in [0.2, 0.25) is 0 Å². The number of aliphatic carboxylic acids is 1. The van der Waals surface area contributed by atoms with E-state index >= 15 is 0 Å². The monoisotopic (exact) mass is 248 g/mol. The number of rotatable bonds is 3. The first kappa shape index (κ1) is 13.0. The lowest BCUT2D eigenvalue weighted by Gasteiger charge is -2.34. The van der Waals surface area contributed by atoms with Gasteiger partial charge in [0.25, 0.3) is 0 Å². The predicted octanol–water partition coefficient (Wildman–Crippen LogP) is 1.93. The van der Waals surface area contributed by atoms with Crippen LogP contribution in [0.2, 0.25) is 0 Å². The maximum absolute atomic E-state index is 11.0. The van der Waals surface area contributed by atoms with Crippen LogP contribution in [0.1, 0.15) is 24.7 Å². The lowest BCUT2D eigenvalue weighted by Crippen LogP contribution is -2.41. The van der Waals surface area contributed by atoms with Crippen molar-refractivity contribution >= 4 is 5.97 Å². The van der Waals surface area contributed by atoms with Crippen molar-refractivity contribution < 1.29 is 9.90 Å². The molecule has 0 aliphatic carbocycles. The van der Waals surface area contributed by atoms with Crippen molar-refractivity contribution in [1.29, 1.82) is 0 Å². The molecule has 2 heterocycles. The summed E-state index contributed by atoms with van der Waals surface area (Å²) in [4.78, 5) is 17.8. The van der Waals surface area contributed by atoms with Gasteiger partial charge in [0.15, 0.2) is 0 Å². The van der Waals surface area contributed by atoms with Crippen molar-refractivity contribution in [2.45, 2.75) is 26.8 Å². The second-order valence-electron chi connectivity index (χ2n) is 5.22. The molecule has 2 atom stereocenters. The van der Waals surface area contributed by atoms with Gasteiger partial charge in [-0.15, -0.1) is 0 Å². The molecule has 1 aliphatic heterocycles. The Morgan fingerprint density at radius 1 is 1.56 bits per heavy atom. The standard InChI is InChI=1S/C14H20N2O2/c1-10-8-16(7-6-13(10)14(17)18)9-12-5-3-4-11(2)15-12/h3-5,10,13H,6-9H2,1-2H3,(H,17,18). The van der Waals surface area contributed by atoms with Crippen LogP contribution in [0, 0.1) is 18.8 Å². The molecule has 18 heavy (non-hydrogen) atoms. The number of aryl methyl sites for hydroxylation is 1. The average molecular weight is 248 g/mol. The Kier molecular flexibility index (Phi) is 3.97. The number of hydrogen-bond acceptors (Lipinski definition) is 3. The van der Waals surface area contributed by atoms with E-state index in [1.165, 1.54) is 0 Å². The summed E-state index contributed by atoms with van der Waals surface area (Å²) in [5, 5.41) is 9.09. The zero-order chi connectivity index (χ0) is 13.1. The Balaban J connectivity index is 1.95. The number of aromatic nitrogens is 1. The van der Waals surface area contributed by atoms with Crippen molar-refractivity contribution in [3.8, 4) is 0 Å². The molecule has 1 N–H and O–H groups in total. The molecule has 4 nitrogen and oxygen atoms in total. The number of nitrogens with zero attached hydrogens (tertiary/aromatic N) is 2. The Morgan fingerprint density at radius 2 is 2.33 bits per heavy atom. The first-order chi connectivity index (χ1) is 8.56. The molecule has 0 spiro atoms. The average Bonchev–Trinajstić information content (AvgIpc) is 2.28. The van der Waals surface area contributed by atoms with Crippen LogP contribution >= 0.6 is 0 Å². The molecule has 1 aliphatic rings. The highest BCUT2D eigenvalue weighted by Crippen LogP contribution is 2.24.